The lowest BCUT2D eigenvalue weighted by Gasteiger charge is -2.13. The number of fused-ring (bicyclic) bond motifs is 6. The number of hydrogen-bond acceptors (Lipinski definition) is 3. The predicted molar refractivity (Wildman–Crippen MR) is 78.8 cm³/mol. The first-order valence-corrected chi connectivity index (χ1v) is 7.08. The van der Waals surface area contributed by atoms with Crippen LogP contribution in [0.4, 0.5) is 5.69 Å². The second-order valence-corrected chi connectivity index (χ2v) is 5.26. The van der Waals surface area contributed by atoms with E-state index in [-0.39, 0.29) is 0 Å². The molecule has 2 aromatic carbocycles. The Bertz CT molecular complexity index is 895. The molecule has 4 nitrogen and oxygen atoms in total. The molecule has 0 atom stereocenters. The van der Waals surface area contributed by atoms with Crippen molar-refractivity contribution in [3.05, 3.63) is 60.3 Å². The standard InChI is InChI=1S/C17H13N2O2/c1-3-7-14-12(5-1)18-9-10-19-13-6-2-4-8-15(13)21-17(19)11-16(18)20-14/h1-8,11H,9-10H2/q+1. The van der Waals surface area contributed by atoms with E-state index in [1.165, 1.54) is 0 Å². The third kappa shape index (κ3) is 1.47. The number of hydrogen-bond donors (Lipinski definition) is 0. The van der Waals surface area contributed by atoms with Crippen LogP contribution in [0.2, 0.25) is 0 Å². The summed E-state index contributed by atoms with van der Waals surface area (Å²) in [6, 6.07) is 16.2. The summed E-state index contributed by atoms with van der Waals surface area (Å²) in [4.78, 5) is 2.20. The molecule has 1 aromatic heterocycles. The maximum Gasteiger partial charge on any atom is 0.379 e. The fraction of sp³-hybridized carbons (Fsp3) is 0.118. The topological polar surface area (TPSA) is 29.5 Å². The van der Waals surface area contributed by atoms with Crippen molar-refractivity contribution in [1.29, 1.82) is 0 Å². The van der Waals surface area contributed by atoms with E-state index in [4.69, 9.17) is 9.15 Å². The van der Waals surface area contributed by atoms with Crippen LogP contribution in [0, 0.1) is 0 Å². The average Bonchev–Trinajstić information content (AvgIpc) is 2.98. The molecule has 2 aliphatic heterocycles. The molecule has 4 heteroatoms. The molecule has 5 rings (SSSR count). The van der Waals surface area contributed by atoms with Gasteiger partial charge in [0.05, 0.1) is 12.2 Å². The molecule has 102 valence electrons. The molecule has 0 aliphatic carbocycles. The van der Waals surface area contributed by atoms with Gasteiger partial charge in [-0.3, -0.25) is 0 Å². The van der Waals surface area contributed by atoms with E-state index in [2.05, 4.69) is 21.6 Å². The minimum absolute atomic E-state index is 0.835. The Labute approximate surface area is 121 Å². The van der Waals surface area contributed by atoms with Gasteiger partial charge in [0.1, 0.15) is 6.08 Å². The molecule has 21 heavy (non-hydrogen) atoms. The van der Waals surface area contributed by atoms with Gasteiger partial charge in [-0.05, 0) is 18.2 Å². The van der Waals surface area contributed by atoms with Gasteiger partial charge in [-0.1, -0.05) is 24.3 Å². The molecule has 0 saturated carbocycles. The van der Waals surface area contributed by atoms with Gasteiger partial charge in [-0.25, -0.2) is 0 Å². The van der Waals surface area contributed by atoms with Gasteiger partial charge in [-0.15, -0.1) is 0 Å². The Morgan fingerprint density at radius 3 is 2.86 bits per heavy atom. The summed E-state index contributed by atoms with van der Waals surface area (Å²) in [6.45, 7) is 1.73. The third-order valence-electron chi connectivity index (χ3n) is 4.07. The van der Waals surface area contributed by atoms with E-state index in [1.807, 2.05) is 42.5 Å². The van der Waals surface area contributed by atoms with Crippen LogP contribution in [0.5, 0.6) is 5.75 Å². The Balaban J connectivity index is 1.69. The zero-order valence-electron chi connectivity index (χ0n) is 11.3. The summed E-state index contributed by atoms with van der Waals surface area (Å²) in [5.74, 6) is 2.58. The fourth-order valence-corrected chi connectivity index (χ4v) is 3.09. The number of ether oxygens (including phenoxy) is 1. The molecule has 0 amide bonds. The molecule has 3 aromatic rings. The van der Waals surface area contributed by atoms with Crippen molar-refractivity contribution in [1.82, 2.24) is 0 Å². The third-order valence-corrected chi connectivity index (χ3v) is 4.07. The Hall–Kier alpha value is -2.75. The Morgan fingerprint density at radius 1 is 1.00 bits per heavy atom. The van der Waals surface area contributed by atoms with Gasteiger partial charge in [0.2, 0.25) is 11.5 Å². The highest BCUT2D eigenvalue weighted by Crippen LogP contribution is 2.39. The average molecular weight is 277 g/mol. The normalized spacial score (nSPS) is 15.8. The van der Waals surface area contributed by atoms with Crippen molar-refractivity contribution >= 4 is 22.9 Å². The van der Waals surface area contributed by atoms with Crippen molar-refractivity contribution in [2.24, 2.45) is 0 Å². The van der Waals surface area contributed by atoms with Crippen LogP contribution in [-0.4, -0.2) is 6.54 Å². The number of anilines is 1. The van der Waals surface area contributed by atoms with E-state index in [0.717, 1.165) is 47.4 Å². The van der Waals surface area contributed by atoms with Crippen molar-refractivity contribution < 1.29 is 13.7 Å². The van der Waals surface area contributed by atoms with Crippen molar-refractivity contribution in [3.8, 4) is 5.75 Å². The highest BCUT2D eigenvalue weighted by atomic mass is 16.5. The largest absolute Gasteiger partial charge is 0.438 e. The first-order chi connectivity index (χ1) is 10.4. The van der Waals surface area contributed by atoms with Crippen LogP contribution < -0.4 is 14.2 Å². The van der Waals surface area contributed by atoms with Crippen LogP contribution in [-0.2, 0) is 6.54 Å². The monoisotopic (exact) mass is 277 g/mol. The summed E-state index contributed by atoms with van der Waals surface area (Å²) in [7, 11) is 0. The lowest BCUT2D eigenvalue weighted by Crippen LogP contribution is -2.39. The number of nitrogens with zero attached hydrogens (tertiary/aromatic N) is 2. The maximum atomic E-state index is 5.96. The Morgan fingerprint density at radius 2 is 1.86 bits per heavy atom. The first-order valence-electron chi connectivity index (χ1n) is 7.08. The van der Waals surface area contributed by atoms with E-state index in [0.29, 0.717) is 0 Å². The summed E-state index contributed by atoms with van der Waals surface area (Å²) in [5, 5.41) is 0. The van der Waals surface area contributed by atoms with E-state index >= 15 is 0 Å². The van der Waals surface area contributed by atoms with Gasteiger partial charge in [-0.2, -0.15) is 4.57 Å². The van der Waals surface area contributed by atoms with Gasteiger partial charge in [0.15, 0.2) is 12.3 Å². The van der Waals surface area contributed by atoms with Gasteiger partial charge in [0.25, 0.3) is 5.52 Å². The van der Waals surface area contributed by atoms with Crippen LogP contribution >= 0.6 is 0 Å². The summed E-state index contributed by atoms with van der Waals surface area (Å²) < 4.78 is 14.1. The van der Waals surface area contributed by atoms with E-state index < -0.39 is 0 Å². The molecule has 3 heterocycles. The minimum atomic E-state index is 0.835. The quantitative estimate of drug-likeness (QED) is 0.592. The molecular weight excluding hydrogens is 264 g/mol. The van der Waals surface area contributed by atoms with Crippen molar-refractivity contribution in [3.63, 3.8) is 0 Å². The van der Waals surface area contributed by atoms with Crippen LogP contribution in [0.15, 0.2) is 58.8 Å². The zero-order valence-corrected chi connectivity index (χ0v) is 11.3. The van der Waals surface area contributed by atoms with Crippen molar-refractivity contribution in [2.75, 3.05) is 11.4 Å². The second kappa shape index (κ2) is 3.88. The summed E-state index contributed by atoms with van der Waals surface area (Å²) in [6.07, 6.45) is 1.98. The molecular formula is C17H13N2O2+. The van der Waals surface area contributed by atoms with Gasteiger partial charge < -0.3 is 14.1 Å². The smallest absolute Gasteiger partial charge is 0.379 e. The highest BCUT2D eigenvalue weighted by Gasteiger charge is 2.33. The molecule has 0 fully saturated rings. The van der Waals surface area contributed by atoms with Crippen LogP contribution in [0.25, 0.3) is 17.2 Å². The molecule has 0 saturated heterocycles. The number of para-hydroxylation sites is 4. The molecule has 0 spiro atoms. The van der Waals surface area contributed by atoms with Gasteiger partial charge >= 0.3 is 5.89 Å². The summed E-state index contributed by atoms with van der Waals surface area (Å²) >= 11 is 0. The highest BCUT2D eigenvalue weighted by molar-refractivity contribution is 5.72. The molecule has 0 unspecified atom stereocenters. The first kappa shape index (κ1) is 11.0. The molecule has 0 bridgehead atoms. The second-order valence-electron chi connectivity index (χ2n) is 5.26. The minimum Gasteiger partial charge on any atom is -0.438 e. The fourth-order valence-electron chi connectivity index (χ4n) is 3.09. The SMILES string of the molecule is C1=C2Oc3ccccc3N2CC[n+]2c1oc1ccccc12. The lowest BCUT2D eigenvalue weighted by molar-refractivity contribution is -0.674. The number of benzene rings is 2. The number of oxazole rings is 1. The molecule has 2 aliphatic rings. The lowest BCUT2D eigenvalue weighted by atomic mass is 10.3. The molecule has 0 radical (unpaired) electrons. The molecule has 0 N–H and O–H groups in total. The zero-order chi connectivity index (χ0) is 13.8. The van der Waals surface area contributed by atoms with Crippen molar-refractivity contribution in [2.45, 2.75) is 6.54 Å². The van der Waals surface area contributed by atoms with Crippen LogP contribution in [0.1, 0.15) is 5.89 Å². The van der Waals surface area contributed by atoms with E-state index in [1.54, 1.807) is 0 Å². The van der Waals surface area contributed by atoms with E-state index in [9.17, 15) is 0 Å². The predicted octanol–water partition coefficient (Wildman–Crippen LogP) is 2.93. The number of rotatable bonds is 0. The Kier molecular flexibility index (Phi) is 2.03. The summed E-state index contributed by atoms with van der Waals surface area (Å²) in [5.41, 5.74) is 3.16. The van der Waals surface area contributed by atoms with Crippen LogP contribution in [0.3, 0.4) is 0 Å². The number of aromatic nitrogens is 1. The maximum absolute atomic E-state index is 5.96. The van der Waals surface area contributed by atoms with Gasteiger partial charge in [0, 0.05) is 6.07 Å².